The molecule has 0 saturated carbocycles. The molecule has 2 aromatic carbocycles. The first-order valence-electron chi connectivity index (χ1n) is 6.40. The zero-order valence-electron chi connectivity index (χ0n) is 11.1. The molecule has 4 nitrogen and oxygen atoms in total. The fourth-order valence-electron chi connectivity index (χ4n) is 2.22. The molecule has 0 radical (unpaired) electrons. The second-order valence-electron chi connectivity index (χ2n) is 4.54. The third-order valence-corrected chi connectivity index (χ3v) is 3.16. The Morgan fingerprint density at radius 1 is 0.762 bits per heavy atom. The second-order valence-corrected chi connectivity index (χ2v) is 4.54. The molecule has 0 aliphatic heterocycles. The molecule has 1 aromatic heterocycles. The van der Waals surface area contributed by atoms with E-state index in [1.807, 2.05) is 48.5 Å². The van der Waals surface area contributed by atoms with E-state index in [9.17, 15) is 4.39 Å². The Labute approximate surface area is 121 Å². The van der Waals surface area contributed by atoms with Crippen LogP contribution in [0.5, 0.6) is 0 Å². The van der Waals surface area contributed by atoms with Crippen molar-refractivity contribution in [2.24, 2.45) is 0 Å². The minimum Gasteiger partial charge on any atom is -0.381 e. The summed E-state index contributed by atoms with van der Waals surface area (Å²) in [4.78, 5) is 7.63. The summed E-state index contributed by atoms with van der Waals surface area (Å²) < 4.78 is 14.3. The van der Waals surface area contributed by atoms with Crippen molar-refractivity contribution in [2.45, 2.75) is 0 Å². The van der Waals surface area contributed by atoms with Crippen molar-refractivity contribution in [1.82, 2.24) is 9.97 Å². The van der Waals surface area contributed by atoms with Crippen LogP contribution in [0.4, 0.5) is 16.2 Å². The molecule has 1 heterocycles. The first kappa shape index (κ1) is 13.1. The van der Waals surface area contributed by atoms with Gasteiger partial charge in [0.05, 0.1) is 0 Å². The fourth-order valence-corrected chi connectivity index (χ4v) is 2.22. The van der Waals surface area contributed by atoms with Crippen molar-refractivity contribution in [3.63, 3.8) is 0 Å². The summed E-state index contributed by atoms with van der Waals surface area (Å²) in [6.45, 7) is 0. The van der Waals surface area contributed by atoms with Crippen molar-refractivity contribution >= 4 is 11.8 Å². The molecule has 4 N–H and O–H groups in total. The highest BCUT2D eigenvalue weighted by molar-refractivity contribution is 5.83. The van der Waals surface area contributed by atoms with E-state index in [0.717, 1.165) is 11.1 Å². The Morgan fingerprint density at radius 3 is 2.10 bits per heavy atom. The number of nitrogens with two attached hydrogens (primary N) is 2. The molecule has 21 heavy (non-hydrogen) atoms. The van der Waals surface area contributed by atoms with Crippen LogP contribution in [-0.4, -0.2) is 9.97 Å². The molecule has 0 aliphatic rings. The average Bonchev–Trinajstić information content (AvgIpc) is 2.52. The van der Waals surface area contributed by atoms with Crippen LogP contribution in [0.15, 0.2) is 54.6 Å². The summed E-state index contributed by atoms with van der Waals surface area (Å²) in [6.07, 6.45) is 0. The van der Waals surface area contributed by atoms with Crippen LogP contribution in [0.3, 0.4) is 0 Å². The number of halogens is 1. The van der Waals surface area contributed by atoms with Gasteiger partial charge in [0.1, 0.15) is 5.69 Å². The summed E-state index contributed by atoms with van der Waals surface area (Å²) in [5.41, 5.74) is 13.7. The van der Waals surface area contributed by atoms with E-state index < -0.39 is 5.82 Å². The third-order valence-electron chi connectivity index (χ3n) is 3.16. The van der Waals surface area contributed by atoms with E-state index in [-0.39, 0.29) is 17.5 Å². The molecule has 0 amide bonds. The number of hydrogen-bond acceptors (Lipinski definition) is 4. The van der Waals surface area contributed by atoms with E-state index in [1.165, 1.54) is 0 Å². The molecule has 0 unspecified atom stereocenters. The quantitative estimate of drug-likeness (QED) is 0.756. The minimum absolute atomic E-state index is 0.0493. The molecule has 0 bridgehead atoms. The number of rotatable bonds is 2. The Kier molecular flexibility index (Phi) is 3.23. The zero-order valence-corrected chi connectivity index (χ0v) is 11.1. The van der Waals surface area contributed by atoms with Gasteiger partial charge in [-0.1, -0.05) is 54.6 Å². The van der Waals surface area contributed by atoms with Crippen molar-refractivity contribution < 1.29 is 4.39 Å². The normalized spacial score (nSPS) is 10.5. The summed E-state index contributed by atoms with van der Waals surface area (Å²) in [6, 6.07) is 17.1. The van der Waals surface area contributed by atoms with E-state index in [0.29, 0.717) is 5.56 Å². The van der Waals surface area contributed by atoms with Gasteiger partial charge in [0.25, 0.3) is 0 Å². The third kappa shape index (κ3) is 2.41. The second kappa shape index (κ2) is 5.20. The first-order valence-corrected chi connectivity index (χ1v) is 6.40. The maximum Gasteiger partial charge on any atom is 0.222 e. The van der Waals surface area contributed by atoms with E-state index in [4.69, 9.17) is 11.5 Å². The monoisotopic (exact) mass is 280 g/mol. The molecule has 0 fully saturated rings. The number of aromatic nitrogens is 2. The van der Waals surface area contributed by atoms with Crippen LogP contribution in [0.1, 0.15) is 0 Å². The van der Waals surface area contributed by atoms with Gasteiger partial charge in [0, 0.05) is 5.56 Å². The average molecular weight is 280 g/mol. The van der Waals surface area contributed by atoms with Crippen LogP contribution in [0.25, 0.3) is 22.4 Å². The number of benzene rings is 2. The van der Waals surface area contributed by atoms with Crippen molar-refractivity contribution in [3.05, 3.63) is 60.4 Å². The van der Waals surface area contributed by atoms with Gasteiger partial charge in [0.2, 0.25) is 5.95 Å². The molecule has 5 heteroatoms. The first-order chi connectivity index (χ1) is 10.2. The SMILES string of the molecule is Nc1nc(N)c(F)c(-c2ccccc2-c2ccccc2)n1. The van der Waals surface area contributed by atoms with Crippen molar-refractivity contribution in [1.29, 1.82) is 0 Å². The van der Waals surface area contributed by atoms with Crippen molar-refractivity contribution in [2.75, 3.05) is 11.5 Å². The highest BCUT2D eigenvalue weighted by Crippen LogP contribution is 2.33. The molecular formula is C16H13FN4. The number of nitrogens with zero attached hydrogens (tertiary/aromatic N) is 2. The number of nitrogen functional groups attached to an aromatic ring is 2. The fraction of sp³-hybridized carbons (Fsp3) is 0. The lowest BCUT2D eigenvalue weighted by atomic mass is 9.97. The molecule has 0 atom stereocenters. The molecule has 104 valence electrons. The zero-order chi connectivity index (χ0) is 14.8. The van der Waals surface area contributed by atoms with Gasteiger partial charge in [-0.15, -0.1) is 0 Å². The van der Waals surface area contributed by atoms with Gasteiger partial charge in [0.15, 0.2) is 11.6 Å². The van der Waals surface area contributed by atoms with Crippen LogP contribution in [-0.2, 0) is 0 Å². The Hall–Kier alpha value is -2.95. The van der Waals surface area contributed by atoms with Gasteiger partial charge < -0.3 is 11.5 Å². The standard InChI is InChI=1S/C16H13FN4/c17-13-14(20-16(19)21-15(13)18)12-9-5-4-8-11(12)10-6-2-1-3-7-10/h1-9H,(H4,18,19,20,21). The summed E-state index contributed by atoms with van der Waals surface area (Å²) >= 11 is 0. The summed E-state index contributed by atoms with van der Waals surface area (Å²) in [7, 11) is 0. The van der Waals surface area contributed by atoms with Gasteiger partial charge in [-0.05, 0) is 11.1 Å². The molecule has 3 rings (SSSR count). The number of hydrogen-bond donors (Lipinski definition) is 2. The van der Waals surface area contributed by atoms with E-state index in [1.54, 1.807) is 6.07 Å². The van der Waals surface area contributed by atoms with Gasteiger partial charge in [-0.2, -0.15) is 4.98 Å². The largest absolute Gasteiger partial charge is 0.381 e. The maximum absolute atomic E-state index is 14.3. The predicted molar refractivity (Wildman–Crippen MR) is 81.7 cm³/mol. The highest BCUT2D eigenvalue weighted by Gasteiger charge is 2.16. The van der Waals surface area contributed by atoms with E-state index in [2.05, 4.69) is 9.97 Å². The Morgan fingerprint density at radius 2 is 1.38 bits per heavy atom. The lowest BCUT2D eigenvalue weighted by Crippen LogP contribution is -2.05. The summed E-state index contributed by atoms with van der Waals surface area (Å²) in [5, 5.41) is 0. The van der Waals surface area contributed by atoms with Crippen molar-refractivity contribution in [3.8, 4) is 22.4 Å². The lowest BCUT2D eigenvalue weighted by Gasteiger charge is -2.11. The van der Waals surface area contributed by atoms with E-state index >= 15 is 0 Å². The Bertz CT molecular complexity index is 788. The van der Waals surface area contributed by atoms with Gasteiger partial charge >= 0.3 is 0 Å². The Balaban J connectivity index is 2.26. The maximum atomic E-state index is 14.3. The van der Waals surface area contributed by atoms with Gasteiger partial charge in [-0.25, -0.2) is 9.37 Å². The highest BCUT2D eigenvalue weighted by atomic mass is 19.1. The van der Waals surface area contributed by atoms with Crippen LogP contribution in [0.2, 0.25) is 0 Å². The molecule has 0 spiro atoms. The van der Waals surface area contributed by atoms with Gasteiger partial charge in [-0.3, -0.25) is 0 Å². The lowest BCUT2D eigenvalue weighted by molar-refractivity contribution is 0.625. The van der Waals surface area contributed by atoms with Crippen LogP contribution < -0.4 is 11.5 Å². The van der Waals surface area contributed by atoms with Crippen LogP contribution >= 0.6 is 0 Å². The molecular weight excluding hydrogens is 267 g/mol. The summed E-state index contributed by atoms with van der Waals surface area (Å²) in [5.74, 6) is -0.959. The topological polar surface area (TPSA) is 77.8 Å². The molecule has 3 aromatic rings. The minimum atomic E-state index is -0.660. The predicted octanol–water partition coefficient (Wildman–Crippen LogP) is 3.11. The molecule has 0 saturated heterocycles. The smallest absolute Gasteiger partial charge is 0.222 e. The number of anilines is 2. The molecule has 0 aliphatic carbocycles. The van der Waals surface area contributed by atoms with Crippen LogP contribution in [0, 0.1) is 5.82 Å².